The molecule has 0 radical (unpaired) electrons. The minimum Gasteiger partial charge on any atom is -0.372 e. The lowest BCUT2D eigenvalue weighted by Crippen LogP contribution is -2.37. The van der Waals surface area contributed by atoms with Crippen LogP contribution >= 0.6 is 11.8 Å². The van der Waals surface area contributed by atoms with Crippen molar-refractivity contribution in [1.29, 1.82) is 0 Å². The number of thioether (sulfide) groups is 1. The number of rotatable bonds is 0. The molecule has 2 heteroatoms. The van der Waals surface area contributed by atoms with Gasteiger partial charge in [0.2, 0.25) is 0 Å². The van der Waals surface area contributed by atoms with E-state index < -0.39 is 0 Å². The SMILES string of the molecule is Cc1ccc2c(c1)SC(C)(C)CN2C. The zero-order chi connectivity index (χ0) is 10.3. The van der Waals surface area contributed by atoms with E-state index in [1.54, 1.807) is 0 Å². The molecule has 1 aliphatic rings. The molecule has 76 valence electrons. The first-order valence-electron chi connectivity index (χ1n) is 4.99. The maximum absolute atomic E-state index is 2.35. The number of aryl methyl sites for hydroxylation is 1. The Labute approximate surface area is 90.5 Å². The predicted octanol–water partition coefficient (Wildman–Crippen LogP) is 3.32. The van der Waals surface area contributed by atoms with Gasteiger partial charge in [-0.25, -0.2) is 0 Å². The van der Waals surface area contributed by atoms with Gasteiger partial charge in [-0.1, -0.05) is 6.07 Å². The van der Waals surface area contributed by atoms with E-state index in [2.05, 4.69) is 50.9 Å². The van der Waals surface area contributed by atoms with E-state index in [0.29, 0.717) is 4.75 Å². The summed E-state index contributed by atoms with van der Waals surface area (Å²) < 4.78 is 0.329. The molecule has 0 amide bonds. The molecule has 1 aromatic carbocycles. The number of nitrogens with zero attached hydrogens (tertiary/aromatic N) is 1. The van der Waals surface area contributed by atoms with E-state index >= 15 is 0 Å². The molecule has 0 fully saturated rings. The van der Waals surface area contributed by atoms with Crippen molar-refractivity contribution in [2.24, 2.45) is 0 Å². The van der Waals surface area contributed by atoms with Crippen LogP contribution in [0.3, 0.4) is 0 Å². The van der Waals surface area contributed by atoms with Gasteiger partial charge in [0, 0.05) is 23.2 Å². The van der Waals surface area contributed by atoms with Crippen LogP contribution in [0.15, 0.2) is 23.1 Å². The van der Waals surface area contributed by atoms with Crippen molar-refractivity contribution >= 4 is 17.4 Å². The summed E-state index contributed by atoms with van der Waals surface area (Å²) in [6.07, 6.45) is 0. The van der Waals surface area contributed by atoms with Gasteiger partial charge in [0.1, 0.15) is 0 Å². The molecule has 1 aliphatic heterocycles. The lowest BCUT2D eigenvalue weighted by atomic mass is 10.1. The van der Waals surface area contributed by atoms with Gasteiger partial charge < -0.3 is 4.90 Å². The van der Waals surface area contributed by atoms with Crippen molar-refractivity contribution in [3.8, 4) is 0 Å². The summed E-state index contributed by atoms with van der Waals surface area (Å²) in [5, 5.41) is 0. The van der Waals surface area contributed by atoms with Crippen LogP contribution in [-0.2, 0) is 0 Å². The highest BCUT2D eigenvalue weighted by Gasteiger charge is 2.28. The maximum Gasteiger partial charge on any atom is 0.0502 e. The second kappa shape index (κ2) is 3.20. The quantitative estimate of drug-likeness (QED) is 0.642. The molecular weight excluding hydrogens is 190 g/mol. The Kier molecular flexibility index (Phi) is 2.26. The van der Waals surface area contributed by atoms with Gasteiger partial charge >= 0.3 is 0 Å². The topological polar surface area (TPSA) is 3.24 Å². The van der Waals surface area contributed by atoms with Crippen LogP contribution in [0, 0.1) is 6.92 Å². The predicted molar refractivity (Wildman–Crippen MR) is 64.4 cm³/mol. The number of fused-ring (bicyclic) bond motifs is 1. The summed E-state index contributed by atoms with van der Waals surface area (Å²) >= 11 is 1.99. The van der Waals surface area contributed by atoms with Crippen molar-refractivity contribution in [2.45, 2.75) is 30.4 Å². The zero-order valence-corrected chi connectivity index (χ0v) is 10.1. The van der Waals surface area contributed by atoms with Crippen LogP contribution in [0.5, 0.6) is 0 Å². The first kappa shape index (κ1) is 9.91. The summed E-state index contributed by atoms with van der Waals surface area (Å²) in [5.41, 5.74) is 2.72. The lowest BCUT2D eigenvalue weighted by molar-refractivity contribution is 0.676. The molecule has 14 heavy (non-hydrogen) atoms. The van der Waals surface area contributed by atoms with Gasteiger partial charge in [0.05, 0.1) is 5.69 Å². The van der Waals surface area contributed by atoms with Gasteiger partial charge in [0.25, 0.3) is 0 Å². The Morgan fingerprint density at radius 2 is 2.07 bits per heavy atom. The minimum atomic E-state index is 0.329. The van der Waals surface area contributed by atoms with Crippen LogP contribution in [0.4, 0.5) is 5.69 Å². The second-order valence-electron chi connectivity index (χ2n) is 4.69. The van der Waals surface area contributed by atoms with Crippen LogP contribution in [-0.4, -0.2) is 18.3 Å². The fourth-order valence-electron chi connectivity index (χ4n) is 2.00. The second-order valence-corrected chi connectivity index (χ2v) is 6.44. The first-order chi connectivity index (χ1) is 6.48. The van der Waals surface area contributed by atoms with Gasteiger partial charge in [-0.2, -0.15) is 0 Å². The molecule has 0 unspecified atom stereocenters. The van der Waals surface area contributed by atoms with E-state index in [0.717, 1.165) is 6.54 Å². The number of hydrogen-bond acceptors (Lipinski definition) is 2. The lowest BCUT2D eigenvalue weighted by Gasteiger charge is -2.38. The Bertz CT molecular complexity index is 357. The molecule has 1 heterocycles. The molecule has 0 bridgehead atoms. The molecular formula is C12H17NS. The number of benzene rings is 1. The van der Waals surface area contributed by atoms with E-state index in [1.807, 2.05) is 11.8 Å². The highest BCUT2D eigenvalue weighted by Crippen LogP contribution is 2.43. The summed E-state index contributed by atoms with van der Waals surface area (Å²) in [6.45, 7) is 7.88. The summed E-state index contributed by atoms with van der Waals surface area (Å²) in [7, 11) is 2.18. The number of anilines is 1. The third kappa shape index (κ3) is 1.76. The molecule has 0 atom stereocenters. The average Bonchev–Trinajstić information content (AvgIpc) is 2.00. The fourth-order valence-corrected chi connectivity index (χ4v) is 3.43. The van der Waals surface area contributed by atoms with Crippen LogP contribution in [0.25, 0.3) is 0 Å². The molecule has 0 aliphatic carbocycles. The average molecular weight is 207 g/mol. The molecule has 0 saturated heterocycles. The van der Waals surface area contributed by atoms with Crippen LogP contribution in [0.1, 0.15) is 19.4 Å². The normalized spacial score (nSPS) is 19.3. The Morgan fingerprint density at radius 1 is 1.36 bits per heavy atom. The molecule has 2 rings (SSSR count). The van der Waals surface area contributed by atoms with E-state index in [9.17, 15) is 0 Å². The molecule has 1 aromatic rings. The summed E-state index contributed by atoms with van der Waals surface area (Å²) in [6, 6.07) is 6.71. The van der Waals surface area contributed by atoms with Gasteiger partial charge in [-0.05, 0) is 38.5 Å². The highest BCUT2D eigenvalue weighted by atomic mass is 32.2. The molecule has 1 nitrogen and oxygen atoms in total. The van der Waals surface area contributed by atoms with E-state index in [-0.39, 0.29) is 0 Å². The van der Waals surface area contributed by atoms with Crippen molar-refractivity contribution in [2.75, 3.05) is 18.5 Å². The molecule has 0 N–H and O–H groups in total. The third-order valence-corrected chi connectivity index (χ3v) is 3.76. The van der Waals surface area contributed by atoms with Crippen molar-refractivity contribution in [1.82, 2.24) is 0 Å². The van der Waals surface area contributed by atoms with E-state index in [1.165, 1.54) is 16.1 Å². The van der Waals surface area contributed by atoms with Crippen LogP contribution in [0.2, 0.25) is 0 Å². The first-order valence-corrected chi connectivity index (χ1v) is 5.80. The Balaban J connectivity index is 2.46. The van der Waals surface area contributed by atoms with Gasteiger partial charge in [-0.15, -0.1) is 11.8 Å². The maximum atomic E-state index is 2.35. The largest absolute Gasteiger partial charge is 0.372 e. The van der Waals surface area contributed by atoms with E-state index in [4.69, 9.17) is 0 Å². The molecule has 0 aromatic heterocycles. The monoisotopic (exact) mass is 207 g/mol. The molecule has 0 spiro atoms. The Morgan fingerprint density at radius 3 is 2.79 bits per heavy atom. The fraction of sp³-hybridized carbons (Fsp3) is 0.500. The van der Waals surface area contributed by atoms with Crippen molar-refractivity contribution in [3.63, 3.8) is 0 Å². The standard InChI is InChI=1S/C12H17NS/c1-9-5-6-10-11(7-9)14-12(2,3)8-13(10)4/h5-7H,8H2,1-4H3. The number of hydrogen-bond donors (Lipinski definition) is 0. The summed E-state index contributed by atoms with van der Waals surface area (Å²) in [5.74, 6) is 0. The highest BCUT2D eigenvalue weighted by molar-refractivity contribution is 8.00. The Hall–Kier alpha value is -0.630. The zero-order valence-electron chi connectivity index (χ0n) is 9.29. The summed E-state index contributed by atoms with van der Waals surface area (Å²) in [4.78, 5) is 3.77. The molecule has 0 saturated carbocycles. The van der Waals surface area contributed by atoms with Gasteiger partial charge in [0.15, 0.2) is 0 Å². The van der Waals surface area contributed by atoms with Crippen molar-refractivity contribution in [3.05, 3.63) is 23.8 Å². The van der Waals surface area contributed by atoms with Crippen LogP contribution < -0.4 is 4.90 Å². The van der Waals surface area contributed by atoms with Gasteiger partial charge in [-0.3, -0.25) is 0 Å². The third-order valence-electron chi connectivity index (χ3n) is 2.53. The van der Waals surface area contributed by atoms with Crippen molar-refractivity contribution < 1.29 is 0 Å². The minimum absolute atomic E-state index is 0.329. The smallest absolute Gasteiger partial charge is 0.0502 e.